The number of carbonyl (C=O) groups is 1. The van der Waals surface area contributed by atoms with Crippen molar-refractivity contribution in [2.75, 3.05) is 14.2 Å². The van der Waals surface area contributed by atoms with Crippen molar-refractivity contribution in [3.63, 3.8) is 0 Å². The quantitative estimate of drug-likeness (QED) is 0.851. The summed E-state index contributed by atoms with van der Waals surface area (Å²) in [6.45, 7) is 2.06. The molecule has 2 aromatic rings. The number of amides is 1. The van der Waals surface area contributed by atoms with Gasteiger partial charge in [0.1, 0.15) is 11.5 Å². The second kappa shape index (κ2) is 8.22. The Labute approximate surface area is 137 Å². The van der Waals surface area contributed by atoms with E-state index >= 15 is 0 Å². The van der Waals surface area contributed by atoms with E-state index in [1.165, 1.54) is 0 Å². The van der Waals surface area contributed by atoms with E-state index in [1.807, 2.05) is 48.5 Å². The molecule has 0 aliphatic carbocycles. The van der Waals surface area contributed by atoms with E-state index in [2.05, 4.69) is 12.2 Å². The Morgan fingerprint density at radius 2 is 1.48 bits per heavy atom. The second-order valence-corrected chi connectivity index (χ2v) is 5.33. The molecule has 122 valence electrons. The lowest BCUT2D eigenvalue weighted by Crippen LogP contribution is -2.29. The fourth-order valence-electron chi connectivity index (χ4n) is 2.43. The molecule has 1 N–H and O–H groups in total. The number of methoxy groups -OCH3 is 2. The van der Waals surface area contributed by atoms with E-state index in [0.29, 0.717) is 6.42 Å². The van der Waals surface area contributed by atoms with Crippen LogP contribution in [0.1, 0.15) is 30.5 Å². The molecule has 4 nitrogen and oxygen atoms in total. The Morgan fingerprint density at radius 1 is 0.957 bits per heavy atom. The van der Waals surface area contributed by atoms with E-state index < -0.39 is 0 Å². The fraction of sp³-hybridized carbons (Fsp3) is 0.316. The maximum Gasteiger partial charge on any atom is 0.224 e. The summed E-state index contributed by atoms with van der Waals surface area (Å²) in [4.78, 5) is 12.3. The summed E-state index contributed by atoms with van der Waals surface area (Å²) in [6.07, 6.45) is 1.19. The summed E-state index contributed by atoms with van der Waals surface area (Å²) in [5.41, 5.74) is 2.05. The van der Waals surface area contributed by atoms with Crippen LogP contribution >= 0.6 is 0 Å². The zero-order valence-corrected chi connectivity index (χ0v) is 13.8. The number of hydrogen-bond acceptors (Lipinski definition) is 3. The maximum atomic E-state index is 12.3. The average Bonchev–Trinajstić information content (AvgIpc) is 2.60. The molecule has 0 saturated carbocycles. The van der Waals surface area contributed by atoms with E-state index in [0.717, 1.165) is 29.0 Å². The molecule has 23 heavy (non-hydrogen) atoms. The van der Waals surface area contributed by atoms with E-state index in [1.54, 1.807) is 14.2 Å². The van der Waals surface area contributed by atoms with Crippen LogP contribution in [0.5, 0.6) is 11.5 Å². The summed E-state index contributed by atoms with van der Waals surface area (Å²) in [5.74, 6) is 1.62. The van der Waals surface area contributed by atoms with Crippen LogP contribution in [0.25, 0.3) is 0 Å². The maximum absolute atomic E-state index is 12.3. The number of nitrogens with one attached hydrogen (secondary N) is 1. The summed E-state index contributed by atoms with van der Waals surface area (Å²) >= 11 is 0. The van der Waals surface area contributed by atoms with Crippen LogP contribution in [0.4, 0.5) is 0 Å². The number of carbonyl (C=O) groups excluding carboxylic acids is 1. The lowest BCUT2D eigenvalue weighted by atomic mass is 10.0. The van der Waals surface area contributed by atoms with Crippen molar-refractivity contribution in [2.24, 2.45) is 0 Å². The largest absolute Gasteiger partial charge is 0.497 e. The normalized spacial score (nSPS) is 11.6. The molecular formula is C19H23NO3. The van der Waals surface area contributed by atoms with Gasteiger partial charge in [-0.3, -0.25) is 4.79 Å². The molecule has 0 heterocycles. The van der Waals surface area contributed by atoms with E-state index in [-0.39, 0.29) is 11.9 Å². The van der Waals surface area contributed by atoms with Gasteiger partial charge in [0.2, 0.25) is 5.91 Å². The Kier molecular flexibility index (Phi) is 6.03. The lowest BCUT2D eigenvalue weighted by molar-refractivity contribution is -0.121. The van der Waals surface area contributed by atoms with Crippen LogP contribution in [0.2, 0.25) is 0 Å². The standard InChI is InChI=1S/C19H23NO3/c1-4-18(15-7-11-17(23-3)12-8-15)20-19(21)13-14-5-9-16(22-2)10-6-14/h5-12,18H,4,13H2,1-3H3,(H,20,21). The fourth-order valence-corrected chi connectivity index (χ4v) is 2.43. The Hall–Kier alpha value is -2.49. The number of rotatable bonds is 7. The molecule has 0 spiro atoms. The Bertz CT molecular complexity index is 620. The van der Waals surface area contributed by atoms with Gasteiger partial charge in [-0.1, -0.05) is 31.2 Å². The molecule has 0 fully saturated rings. The van der Waals surface area contributed by atoms with Crippen molar-refractivity contribution in [1.82, 2.24) is 5.32 Å². The molecule has 0 aliphatic rings. The zero-order chi connectivity index (χ0) is 16.7. The molecule has 1 amide bonds. The highest BCUT2D eigenvalue weighted by Gasteiger charge is 2.13. The third-order valence-electron chi connectivity index (χ3n) is 3.79. The number of ether oxygens (including phenoxy) is 2. The van der Waals surface area contributed by atoms with Crippen molar-refractivity contribution in [3.05, 3.63) is 59.7 Å². The predicted octanol–water partition coefficient (Wildman–Crippen LogP) is 3.51. The smallest absolute Gasteiger partial charge is 0.224 e. The summed E-state index contributed by atoms with van der Waals surface area (Å²) in [7, 11) is 3.27. The van der Waals surface area contributed by atoms with Crippen LogP contribution in [-0.2, 0) is 11.2 Å². The zero-order valence-electron chi connectivity index (χ0n) is 13.8. The minimum atomic E-state index is 0.00616. The first-order valence-corrected chi connectivity index (χ1v) is 7.72. The molecule has 0 radical (unpaired) electrons. The van der Waals surface area contributed by atoms with Gasteiger partial charge in [-0.25, -0.2) is 0 Å². The van der Waals surface area contributed by atoms with Crippen LogP contribution in [0.3, 0.4) is 0 Å². The molecule has 0 bridgehead atoms. The first kappa shape index (κ1) is 16.9. The van der Waals surface area contributed by atoms with Crippen molar-refractivity contribution in [2.45, 2.75) is 25.8 Å². The molecule has 1 unspecified atom stereocenters. The van der Waals surface area contributed by atoms with Crippen molar-refractivity contribution >= 4 is 5.91 Å². The molecule has 2 rings (SSSR count). The second-order valence-electron chi connectivity index (χ2n) is 5.33. The minimum Gasteiger partial charge on any atom is -0.497 e. The van der Waals surface area contributed by atoms with Crippen LogP contribution in [0, 0.1) is 0 Å². The van der Waals surface area contributed by atoms with E-state index in [4.69, 9.17) is 9.47 Å². The molecule has 0 saturated heterocycles. The number of benzene rings is 2. The van der Waals surface area contributed by atoms with Gasteiger partial charge in [0.25, 0.3) is 0 Å². The number of hydrogen-bond donors (Lipinski definition) is 1. The average molecular weight is 313 g/mol. The lowest BCUT2D eigenvalue weighted by Gasteiger charge is -2.18. The highest BCUT2D eigenvalue weighted by molar-refractivity contribution is 5.79. The topological polar surface area (TPSA) is 47.6 Å². The Balaban J connectivity index is 1.97. The van der Waals surface area contributed by atoms with Crippen LogP contribution in [-0.4, -0.2) is 20.1 Å². The summed E-state index contributed by atoms with van der Waals surface area (Å²) in [6, 6.07) is 15.3. The van der Waals surface area contributed by atoms with Gasteiger partial charge in [0.05, 0.1) is 26.7 Å². The summed E-state index contributed by atoms with van der Waals surface area (Å²) < 4.78 is 10.3. The third-order valence-corrected chi connectivity index (χ3v) is 3.79. The first-order chi connectivity index (χ1) is 11.2. The molecule has 0 aliphatic heterocycles. The van der Waals surface area contributed by atoms with Gasteiger partial charge >= 0.3 is 0 Å². The molecule has 2 aromatic carbocycles. The third kappa shape index (κ3) is 4.74. The molecule has 0 aromatic heterocycles. The van der Waals surface area contributed by atoms with Gasteiger partial charge < -0.3 is 14.8 Å². The van der Waals surface area contributed by atoms with Gasteiger partial charge in [0.15, 0.2) is 0 Å². The van der Waals surface area contributed by atoms with Crippen LogP contribution < -0.4 is 14.8 Å². The highest BCUT2D eigenvalue weighted by atomic mass is 16.5. The van der Waals surface area contributed by atoms with Gasteiger partial charge in [-0.2, -0.15) is 0 Å². The highest BCUT2D eigenvalue weighted by Crippen LogP contribution is 2.20. The molecule has 4 heteroatoms. The van der Waals surface area contributed by atoms with Crippen molar-refractivity contribution in [1.29, 1.82) is 0 Å². The van der Waals surface area contributed by atoms with Crippen molar-refractivity contribution in [3.8, 4) is 11.5 Å². The van der Waals surface area contributed by atoms with Crippen LogP contribution in [0.15, 0.2) is 48.5 Å². The van der Waals surface area contributed by atoms with Crippen molar-refractivity contribution < 1.29 is 14.3 Å². The monoisotopic (exact) mass is 313 g/mol. The van der Waals surface area contributed by atoms with Gasteiger partial charge in [0, 0.05) is 0 Å². The Morgan fingerprint density at radius 3 is 1.96 bits per heavy atom. The SMILES string of the molecule is CCC(NC(=O)Cc1ccc(OC)cc1)c1ccc(OC)cc1. The minimum absolute atomic E-state index is 0.00616. The van der Waals surface area contributed by atoms with Gasteiger partial charge in [-0.05, 0) is 41.8 Å². The predicted molar refractivity (Wildman–Crippen MR) is 90.9 cm³/mol. The first-order valence-electron chi connectivity index (χ1n) is 7.72. The van der Waals surface area contributed by atoms with E-state index in [9.17, 15) is 4.79 Å². The molecule has 1 atom stereocenters. The summed E-state index contributed by atoms with van der Waals surface area (Å²) in [5, 5.41) is 3.09. The molecular weight excluding hydrogens is 290 g/mol. The van der Waals surface area contributed by atoms with Gasteiger partial charge in [-0.15, -0.1) is 0 Å².